The zero-order valence-electron chi connectivity index (χ0n) is 10.9. The first-order valence-corrected chi connectivity index (χ1v) is 5.99. The number of nitrogens with one attached hydrogen (secondary N) is 1. The number of fused-ring (bicyclic) bond motifs is 1. The molecule has 0 aromatic heterocycles. The molecule has 8 heteroatoms. The Morgan fingerprint density at radius 2 is 2.20 bits per heavy atom. The number of hydrogen-bond acceptors (Lipinski definition) is 5. The van der Waals surface area contributed by atoms with Gasteiger partial charge in [-0.15, -0.1) is 0 Å². The van der Waals surface area contributed by atoms with E-state index in [0.717, 1.165) is 0 Å². The van der Waals surface area contributed by atoms with E-state index in [0.29, 0.717) is 24.1 Å². The van der Waals surface area contributed by atoms with Crippen LogP contribution in [0.3, 0.4) is 0 Å². The van der Waals surface area contributed by atoms with Gasteiger partial charge in [0, 0.05) is 25.2 Å². The number of hydrogen-bond donors (Lipinski definition) is 2. The molecule has 0 saturated heterocycles. The van der Waals surface area contributed by atoms with Crippen molar-refractivity contribution in [2.45, 2.75) is 12.8 Å². The van der Waals surface area contributed by atoms with Crippen LogP contribution in [0.5, 0.6) is 0 Å². The molecular formula is C12H14N4O4. The Balaban J connectivity index is 2.48. The minimum atomic E-state index is -0.594. The highest BCUT2D eigenvalue weighted by atomic mass is 16.6. The molecular weight excluding hydrogens is 264 g/mol. The van der Waals surface area contributed by atoms with Crippen LogP contribution >= 0.6 is 0 Å². The molecule has 2 amide bonds. The molecule has 0 fully saturated rings. The summed E-state index contributed by atoms with van der Waals surface area (Å²) in [5.41, 5.74) is 6.49. The van der Waals surface area contributed by atoms with Crippen molar-refractivity contribution >= 4 is 28.9 Å². The number of aryl methyl sites for hydroxylation is 1. The number of carbonyl (C=O) groups excluding carboxylic acids is 2. The van der Waals surface area contributed by atoms with Crippen LogP contribution < -0.4 is 16.0 Å². The number of benzene rings is 1. The number of carbonyl (C=O) groups is 2. The summed E-state index contributed by atoms with van der Waals surface area (Å²) in [4.78, 5) is 34.3. The van der Waals surface area contributed by atoms with E-state index in [-0.39, 0.29) is 23.8 Å². The Bertz CT molecular complexity index is 599. The standard InChI is InChI=1S/C12H14N4O4/c1-15(6-11(13)17)9-5-8-7(2-3-12(18)14-8)4-10(9)16(19)20/h4-5H,2-3,6H2,1H3,(H2,13,17)(H,14,18). The molecule has 1 aliphatic heterocycles. The molecule has 0 spiro atoms. The second-order valence-corrected chi connectivity index (χ2v) is 4.63. The molecule has 0 unspecified atom stereocenters. The fourth-order valence-corrected chi connectivity index (χ4v) is 2.18. The quantitative estimate of drug-likeness (QED) is 0.610. The number of rotatable bonds is 4. The van der Waals surface area contributed by atoms with Gasteiger partial charge >= 0.3 is 0 Å². The summed E-state index contributed by atoms with van der Waals surface area (Å²) in [6.07, 6.45) is 0.766. The van der Waals surface area contributed by atoms with E-state index < -0.39 is 10.8 Å². The molecule has 106 valence electrons. The Labute approximate surface area is 114 Å². The van der Waals surface area contributed by atoms with Gasteiger partial charge in [0.15, 0.2) is 0 Å². The van der Waals surface area contributed by atoms with Gasteiger partial charge in [-0.2, -0.15) is 0 Å². The van der Waals surface area contributed by atoms with Gasteiger partial charge in [0.05, 0.1) is 11.5 Å². The number of nitrogens with zero attached hydrogens (tertiary/aromatic N) is 2. The van der Waals surface area contributed by atoms with E-state index in [1.807, 2.05) is 0 Å². The molecule has 1 heterocycles. The zero-order chi connectivity index (χ0) is 14.9. The van der Waals surface area contributed by atoms with Gasteiger partial charge in [-0.3, -0.25) is 19.7 Å². The van der Waals surface area contributed by atoms with Crippen LogP contribution in [0.4, 0.5) is 17.1 Å². The third kappa shape index (κ3) is 2.68. The largest absolute Gasteiger partial charge is 0.368 e. The first kappa shape index (κ1) is 13.8. The van der Waals surface area contributed by atoms with Crippen molar-refractivity contribution in [1.82, 2.24) is 0 Å². The maximum atomic E-state index is 11.4. The van der Waals surface area contributed by atoms with Crippen LogP contribution in [0.15, 0.2) is 12.1 Å². The summed E-state index contributed by atoms with van der Waals surface area (Å²) < 4.78 is 0. The van der Waals surface area contributed by atoms with Crippen LogP contribution in [0.25, 0.3) is 0 Å². The average molecular weight is 278 g/mol. The van der Waals surface area contributed by atoms with E-state index in [9.17, 15) is 19.7 Å². The SMILES string of the molecule is CN(CC(N)=O)c1cc2c(cc1[N+](=O)[O-])CCC(=O)N2. The first-order chi connectivity index (χ1) is 9.38. The van der Waals surface area contributed by atoms with E-state index in [2.05, 4.69) is 5.32 Å². The predicted octanol–water partition coefficient (Wildman–Crippen LogP) is 0.401. The minimum absolute atomic E-state index is 0.108. The lowest BCUT2D eigenvalue weighted by Gasteiger charge is -2.22. The minimum Gasteiger partial charge on any atom is -0.368 e. The normalized spacial score (nSPS) is 13.3. The fraction of sp³-hybridized carbons (Fsp3) is 0.333. The summed E-state index contributed by atoms with van der Waals surface area (Å²) in [7, 11) is 1.53. The second-order valence-electron chi connectivity index (χ2n) is 4.63. The molecule has 0 aliphatic carbocycles. The summed E-state index contributed by atoms with van der Waals surface area (Å²) in [5, 5.41) is 13.8. The number of likely N-dealkylation sites (N-methyl/N-ethyl adjacent to an activating group) is 1. The lowest BCUT2D eigenvalue weighted by Crippen LogP contribution is -2.31. The first-order valence-electron chi connectivity index (χ1n) is 5.99. The molecule has 0 atom stereocenters. The van der Waals surface area contributed by atoms with Crippen molar-refractivity contribution in [3.8, 4) is 0 Å². The van der Waals surface area contributed by atoms with Crippen molar-refractivity contribution in [3.63, 3.8) is 0 Å². The Kier molecular flexibility index (Phi) is 3.55. The van der Waals surface area contributed by atoms with Gasteiger partial charge in [0.25, 0.3) is 5.69 Å². The van der Waals surface area contributed by atoms with E-state index in [1.165, 1.54) is 24.1 Å². The Hall–Kier alpha value is -2.64. The molecule has 0 bridgehead atoms. The molecule has 3 N–H and O–H groups in total. The predicted molar refractivity (Wildman–Crippen MR) is 72.5 cm³/mol. The topological polar surface area (TPSA) is 119 Å². The molecule has 2 rings (SSSR count). The molecule has 1 aromatic carbocycles. The van der Waals surface area contributed by atoms with Crippen molar-refractivity contribution in [1.29, 1.82) is 0 Å². The second kappa shape index (κ2) is 5.16. The van der Waals surface area contributed by atoms with Crippen molar-refractivity contribution in [2.75, 3.05) is 23.8 Å². The van der Waals surface area contributed by atoms with Crippen LogP contribution in [0.1, 0.15) is 12.0 Å². The summed E-state index contributed by atoms with van der Waals surface area (Å²) in [6.45, 7) is -0.145. The Morgan fingerprint density at radius 1 is 1.50 bits per heavy atom. The van der Waals surface area contributed by atoms with E-state index in [1.54, 1.807) is 0 Å². The maximum absolute atomic E-state index is 11.4. The average Bonchev–Trinajstić information content (AvgIpc) is 2.36. The fourth-order valence-electron chi connectivity index (χ4n) is 2.18. The van der Waals surface area contributed by atoms with Gasteiger partial charge in [0.2, 0.25) is 11.8 Å². The summed E-state index contributed by atoms with van der Waals surface area (Å²) in [6, 6.07) is 2.94. The monoisotopic (exact) mass is 278 g/mol. The maximum Gasteiger partial charge on any atom is 0.292 e. The van der Waals surface area contributed by atoms with E-state index >= 15 is 0 Å². The number of nitro benzene ring substituents is 1. The molecule has 0 saturated carbocycles. The van der Waals surface area contributed by atoms with Gasteiger partial charge in [-0.1, -0.05) is 0 Å². The molecule has 8 nitrogen and oxygen atoms in total. The van der Waals surface area contributed by atoms with Crippen molar-refractivity contribution < 1.29 is 14.5 Å². The third-order valence-electron chi connectivity index (χ3n) is 3.10. The highest BCUT2D eigenvalue weighted by molar-refractivity contribution is 5.95. The lowest BCUT2D eigenvalue weighted by atomic mass is 10.0. The third-order valence-corrected chi connectivity index (χ3v) is 3.10. The van der Waals surface area contributed by atoms with Gasteiger partial charge in [-0.05, 0) is 18.1 Å². The molecule has 0 radical (unpaired) electrons. The van der Waals surface area contributed by atoms with Gasteiger partial charge < -0.3 is 16.0 Å². The summed E-state index contributed by atoms with van der Waals surface area (Å²) >= 11 is 0. The summed E-state index contributed by atoms with van der Waals surface area (Å²) in [5.74, 6) is -0.724. The highest BCUT2D eigenvalue weighted by Gasteiger charge is 2.24. The highest BCUT2D eigenvalue weighted by Crippen LogP contribution is 2.35. The van der Waals surface area contributed by atoms with Crippen molar-refractivity contribution in [2.24, 2.45) is 5.73 Å². The Morgan fingerprint density at radius 3 is 2.80 bits per heavy atom. The zero-order valence-corrected chi connectivity index (χ0v) is 10.9. The van der Waals surface area contributed by atoms with Crippen molar-refractivity contribution in [3.05, 3.63) is 27.8 Å². The van der Waals surface area contributed by atoms with Crippen LogP contribution in [-0.4, -0.2) is 30.3 Å². The van der Waals surface area contributed by atoms with Gasteiger partial charge in [-0.25, -0.2) is 0 Å². The van der Waals surface area contributed by atoms with Crippen LogP contribution in [-0.2, 0) is 16.0 Å². The molecule has 1 aromatic rings. The lowest BCUT2D eigenvalue weighted by molar-refractivity contribution is -0.384. The number of nitro groups is 1. The van der Waals surface area contributed by atoms with E-state index in [4.69, 9.17) is 5.73 Å². The smallest absolute Gasteiger partial charge is 0.292 e. The number of anilines is 2. The van der Waals surface area contributed by atoms with Crippen LogP contribution in [0, 0.1) is 10.1 Å². The number of primary amides is 1. The number of amides is 2. The molecule has 1 aliphatic rings. The molecule has 20 heavy (non-hydrogen) atoms. The van der Waals surface area contributed by atoms with Crippen LogP contribution in [0.2, 0.25) is 0 Å². The number of nitrogens with two attached hydrogens (primary N) is 1. The van der Waals surface area contributed by atoms with Gasteiger partial charge in [0.1, 0.15) is 5.69 Å².